The maximum Gasteiger partial charge on any atom is 0.233 e. The molecule has 0 aromatic heterocycles. The van der Waals surface area contributed by atoms with Gasteiger partial charge in [-0.3, -0.25) is 19.3 Å². The van der Waals surface area contributed by atoms with Crippen LogP contribution in [0.5, 0.6) is 0 Å². The van der Waals surface area contributed by atoms with Crippen LogP contribution in [0.15, 0.2) is 30.4 Å². The highest BCUT2D eigenvalue weighted by molar-refractivity contribution is 6.31. The lowest BCUT2D eigenvalue weighted by atomic mass is 9.63. The fourth-order valence-electron chi connectivity index (χ4n) is 5.35. The molecule has 0 spiro atoms. The number of hydrogen-bond donors (Lipinski definition) is 1. The van der Waals surface area contributed by atoms with E-state index < -0.39 is 0 Å². The number of nitrogens with zero attached hydrogens (tertiary/aromatic N) is 1. The second-order valence-electron chi connectivity index (χ2n) is 8.24. The Bertz CT molecular complexity index is 859. The summed E-state index contributed by atoms with van der Waals surface area (Å²) >= 11 is 6.08. The molecular weight excluding hydrogens is 364 g/mol. The van der Waals surface area contributed by atoms with Crippen LogP contribution < -0.4 is 5.32 Å². The zero-order valence-electron chi connectivity index (χ0n) is 15.0. The summed E-state index contributed by atoms with van der Waals surface area (Å²) in [6, 6.07) is 5.32. The summed E-state index contributed by atoms with van der Waals surface area (Å²) in [4.78, 5) is 39.4. The van der Waals surface area contributed by atoms with Crippen molar-refractivity contribution in [2.75, 3.05) is 11.9 Å². The number of hydrogen-bond acceptors (Lipinski definition) is 3. The van der Waals surface area contributed by atoms with Gasteiger partial charge in [-0.25, -0.2) is 0 Å². The van der Waals surface area contributed by atoms with Gasteiger partial charge in [0.1, 0.15) is 0 Å². The van der Waals surface area contributed by atoms with E-state index in [2.05, 4.69) is 17.5 Å². The van der Waals surface area contributed by atoms with Crippen molar-refractivity contribution >= 4 is 35.0 Å². The normalized spacial score (nSPS) is 35.3. The van der Waals surface area contributed by atoms with Crippen molar-refractivity contribution in [3.63, 3.8) is 0 Å². The third kappa shape index (κ3) is 2.55. The summed E-state index contributed by atoms with van der Waals surface area (Å²) < 4.78 is 0. The predicted molar refractivity (Wildman–Crippen MR) is 101 cm³/mol. The first-order chi connectivity index (χ1) is 13.0. The van der Waals surface area contributed by atoms with Gasteiger partial charge in [-0.2, -0.15) is 0 Å². The largest absolute Gasteiger partial charge is 0.326 e. The minimum Gasteiger partial charge on any atom is -0.326 e. The van der Waals surface area contributed by atoms with Gasteiger partial charge in [0.05, 0.1) is 11.8 Å². The van der Waals surface area contributed by atoms with Gasteiger partial charge in [0, 0.05) is 23.7 Å². The highest BCUT2D eigenvalue weighted by Crippen LogP contribution is 2.65. The summed E-state index contributed by atoms with van der Waals surface area (Å²) in [5, 5.41) is 3.37. The molecule has 1 N–H and O–H groups in total. The number of likely N-dealkylation sites (tertiary alicyclic amines) is 1. The highest BCUT2D eigenvalue weighted by atomic mass is 35.5. The predicted octanol–water partition coefficient (Wildman–Crippen LogP) is 3.03. The molecule has 1 saturated heterocycles. The van der Waals surface area contributed by atoms with Crippen LogP contribution in [0.3, 0.4) is 0 Å². The molecule has 6 heteroatoms. The monoisotopic (exact) mass is 384 g/mol. The Hall–Kier alpha value is -2.14. The minimum absolute atomic E-state index is 0.0825. The van der Waals surface area contributed by atoms with Crippen LogP contribution in [0.25, 0.3) is 0 Å². The molecule has 6 atom stereocenters. The molecule has 5 aliphatic rings. The number of benzene rings is 1. The Morgan fingerprint density at radius 2 is 1.78 bits per heavy atom. The molecule has 1 aromatic rings. The average Bonchev–Trinajstić information content (AvgIpc) is 3.42. The van der Waals surface area contributed by atoms with Gasteiger partial charge >= 0.3 is 0 Å². The maximum absolute atomic E-state index is 12.9. The number of allylic oxidation sites excluding steroid dienone is 2. The van der Waals surface area contributed by atoms with Gasteiger partial charge in [-0.15, -0.1) is 0 Å². The number of aryl methyl sites for hydroxylation is 1. The summed E-state index contributed by atoms with van der Waals surface area (Å²) in [5.74, 6) is 0.826. The van der Waals surface area contributed by atoms with Crippen LogP contribution in [0.2, 0.25) is 5.02 Å². The van der Waals surface area contributed by atoms with Gasteiger partial charge in [0.2, 0.25) is 17.7 Å². The van der Waals surface area contributed by atoms with Crippen LogP contribution in [-0.4, -0.2) is 29.2 Å². The molecule has 2 bridgehead atoms. The molecule has 3 fully saturated rings. The van der Waals surface area contributed by atoms with Crippen LogP contribution in [0, 0.1) is 42.4 Å². The van der Waals surface area contributed by atoms with Crippen molar-refractivity contribution < 1.29 is 14.4 Å². The van der Waals surface area contributed by atoms with Crippen LogP contribution >= 0.6 is 11.6 Å². The van der Waals surface area contributed by atoms with Crippen molar-refractivity contribution in [1.29, 1.82) is 0 Å². The number of carbonyl (C=O) groups excluding carboxylic acids is 3. The van der Waals surface area contributed by atoms with Gasteiger partial charge in [-0.1, -0.05) is 29.8 Å². The third-order valence-corrected chi connectivity index (χ3v) is 7.18. The molecule has 1 aromatic carbocycles. The van der Waals surface area contributed by atoms with Crippen LogP contribution in [0.4, 0.5) is 5.69 Å². The number of anilines is 1. The van der Waals surface area contributed by atoms with Gasteiger partial charge in [0.25, 0.3) is 0 Å². The van der Waals surface area contributed by atoms with E-state index >= 15 is 0 Å². The van der Waals surface area contributed by atoms with Crippen molar-refractivity contribution in [3.05, 3.63) is 40.9 Å². The third-order valence-electron chi connectivity index (χ3n) is 6.77. The smallest absolute Gasteiger partial charge is 0.233 e. The first-order valence-corrected chi connectivity index (χ1v) is 9.93. The fourth-order valence-corrected chi connectivity index (χ4v) is 5.53. The van der Waals surface area contributed by atoms with E-state index in [4.69, 9.17) is 11.6 Å². The van der Waals surface area contributed by atoms with Crippen molar-refractivity contribution in [2.24, 2.45) is 35.5 Å². The molecule has 2 saturated carbocycles. The summed E-state index contributed by atoms with van der Waals surface area (Å²) in [7, 11) is 0. The van der Waals surface area contributed by atoms with Crippen molar-refractivity contribution in [3.8, 4) is 0 Å². The molecule has 1 aliphatic heterocycles. The van der Waals surface area contributed by atoms with E-state index in [0.29, 0.717) is 22.5 Å². The Balaban J connectivity index is 1.24. The molecule has 0 unspecified atom stereocenters. The molecule has 6 rings (SSSR count). The molecule has 140 valence electrons. The van der Waals surface area contributed by atoms with E-state index in [0.717, 1.165) is 12.0 Å². The Kier molecular flexibility index (Phi) is 3.73. The second-order valence-corrected chi connectivity index (χ2v) is 8.65. The number of carbonyl (C=O) groups is 3. The quantitative estimate of drug-likeness (QED) is 0.641. The van der Waals surface area contributed by atoms with Gasteiger partial charge in [-0.05, 0) is 54.7 Å². The van der Waals surface area contributed by atoms with Gasteiger partial charge < -0.3 is 5.32 Å². The Labute approximate surface area is 162 Å². The standard InChI is InChI=1S/C21H21ClN2O3/c1-10-2-3-11(8-16(10)22)23-17(25)6-7-24-20(26)18-12-4-5-13(15-9-14(12)15)19(18)21(24)27/h2-5,8,12-15,18-19H,6-7,9H2,1H3,(H,23,25)/t12-,13-,14-,15-,18+,19+/m0/s1. The Morgan fingerprint density at radius 1 is 1.15 bits per heavy atom. The first-order valence-electron chi connectivity index (χ1n) is 9.55. The second kappa shape index (κ2) is 5.93. The molecule has 27 heavy (non-hydrogen) atoms. The van der Waals surface area contributed by atoms with Gasteiger partial charge in [0.15, 0.2) is 0 Å². The number of rotatable bonds is 4. The topological polar surface area (TPSA) is 66.5 Å². The lowest BCUT2D eigenvalue weighted by Crippen LogP contribution is -2.40. The van der Waals surface area contributed by atoms with Crippen LogP contribution in [-0.2, 0) is 14.4 Å². The minimum atomic E-state index is -0.227. The average molecular weight is 385 g/mol. The van der Waals surface area contributed by atoms with Crippen molar-refractivity contribution in [2.45, 2.75) is 19.8 Å². The molecule has 5 nitrogen and oxygen atoms in total. The molecule has 3 amide bonds. The van der Waals surface area contributed by atoms with Crippen molar-refractivity contribution in [1.82, 2.24) is 4.90 Å². The SMILES string of the molecule is Cc1ccc(NC(=O)CCN2C(=O)[C@@H]3[C@H]4C=C[C@@H]([C@@H]5C[C@@H]45)[C@H]3C2=O)cc1Cl. The van der Waals surface area contributed by atoms with E-state index in [9.17, 15) is 14.4 Å². The molecule has 4 aliphatic carbocycles. The van der Waals surface area contributed by atoms with E-state index in [1.807, 2.05) is 13.0 Å². The number of halogens is 1. The Morgan fingerprint density at radius 3 is 2.37 bits per heavy atom. The fraction of sp³-hybridized carbons (Fsp3) is 0.476. The van der Waals surface area contributed by atoms with E-state index in [1.165, 1.54) is 4.90 Å². The zero-order valence-corrected chi connectivity index (χ0v) is 15.8. The summed E-state index contributed by atoms with van der Waals surface area (Å²) in [5.41, 5.74) is 1.55. The first kappa shape index (κ1) is 17.0. The lowest BCUT2D eigenvalue weighted by Gasteiger charge is -2.37. The number of amides is 3. The molecule has 0 radical (unpaired) electrons. The number of imide groups is 1. The molecule has 1 heterocycles. The van der Waals surface area contributed by atoms with Crippen LogP contribution in [0.1, 0.15) is 18.4 Å². The highest BCUT2D eigenvalue weighted by Gasteiger charge is 2.66. The maximum atomic E-state index is 12.9. The van der Waals surface area contributed by atoms with E-state index in [-0.39, 0.29) is 54.4 Å². The zero-order chi connectivity index (χ0) is 18.9. The molecular formula is C21H21ClN2O3. The lowest BCUT2D eigenvalue weighted by molar-refractivity contribution is -0.140. The van der Waals surface area contributed by atoms with E-state index in [1.54, 1.807) is 12.1 Å². The number of nitrogens with one attached hydrogen (secondary N) is 1. The summed E-state index contributed by atoms with van der Waals surface area (Å²) in [6.45, 7) is 2.04. The summed E-state index contributed by atoms with van der Waals surface area (Å²) in [6.07, 6.45) is 5.56.